The van der Waals surface area contributed by atoms with Gasteiger partial charge in [0.25, 0.3) is 5.91 Å². The van der Waals surface area contributed by atoms with Gasteiger partial charge in [-0.05, 0) is 51.7 Å². The van der Waals surface area contributed by atoms with Crippen molar-refractivity contribution in [2.24, 2.45) is 0 Å². The molecule has 0 aromatic heterocycles. The third kappa shape index (κ3) is 4.45. The van der Waals surface area contributed by atoms with E-state index in [9.17, 15) is 9.59 Å². The number of anilines is 1. The average Bonchev–Trinajstić information content (AvgIpc) is 3.15. The smallest absolute Gasteiger partial charge is 0.251 e. The highest BCUT2D eigenvalue weighted by atomic mass is 79.9. The molecule has 6 heteroatoms. The number of nitrogens with zero attached hydrogens (tertiary/aromatic N) is 3. The van der Waals surface area contributed by atoms with Crippen molar-refractivity contribution in [1.82, 2.24) is 9.80 Å². The monoisotopic (exact) mass is 517 g/mol. The zero-order valence-corrected chi connectivity index (χ0v) is 20.8. The molecule has 5 nitrogen and oxygen atoms in total. The van der Waals surface area contributed by atoms with Crippen molar-refractivity contribution in [1.29, 1.82) is 0 Å². The summed E-state index contributed by atoms with van der Waals surface area (Å²) in [5.74, 6) is -0.251. The third-order valence-electron chi connectivity index (χ3n) is 6.85. The standard InChI is InChI=1S/C28H28BrN3O2/c1-20-12-13-24(23(29)18-20)32-26(33)19-25(28(32)34)30-14-16-31(17-15-30)27(21-8-4-2-5-9-21)22-10-6-3-7-11-22/h2-13,18,25,27H,14-17,19H2,1H3. The molecule has 1 unspecified atom stereocenters. The lowest BCUT2D eigenvalue weighted by molar-refractivity contribution is -0.123. The SMILES string of the molecule is Cc1ccc(N2C(=O)CC(N3CCN(C(c4ccccc4)c4ccccc4)CC3)C2=O)c(Br)c1. The Hall–Kier alpha value is -2.80. The number of amides is 2. The number of carbonyl (C=O) groups excluding carboxylic acids is 2. The Labute approximate surface area is 209 Å². The van der Waals surface area contributed by atoms with Crippen LogP contribution in [0.25, 0.3) is 0 Å². The molecule has 1 atom stereocenters. The molecule has 2 saturated heterocycles. The summed E-state index contributed by atoms with van der Waals surface area (Å²) in [5.41, 5.74) is 4.25. The van der Waals surface area contributed by atoms with Crippen LogP contribution in [-0.4, -0.2) is 53.8 Å². The Kier molecular flexibility index (Phi) is 6.63. The molecular formula is C28H28BrN3O2. The maximum absolute atomic E-state index is 13.3. The second kappa shape index (κ2) is 9.82. The highest BCUT2D eigenvalue weighted by Crippen LogP contribution is 2.34. The fourth-order valence-electron chi connectivity index (χ4n) is 5.14. The van der Waals surface area contributed by atoms with Gasteiger partial charge in [-0.25, -0.2) is 4.90 Å². The molecule has 2 heterocycles. The molecule has 3 aromatic carbocycles. The van der Waals surface area contributed by atoms with Crippen LogP contribution in [0.15, 0.2) is 83.3 Å². The van der Waals surface area contributed by atoms with E-state index in [1.807, 2.05) is 37.3 Å². The topological polar surface area (TPSA) is 43.9 Å². The molecule has 0 bridgehead atoms. The minimum atomic E-state index is -0.394. The molecule has 0 spiro atoms. The first kappa shape index (κ1) is 23.0. The molecule has 2 aliphatic rings. The largest absolute Gasteiger partial charge is 0.290 e. The number of hydrogen-bond acceptors (Lipinski definition) is 4. The molecule has 34 heavy (non-hydrogen) atoms. The zero-order valence-electron chi connectivity index (χ0n) is 19.2. The van der Waals surface area contributed by atoms with Crippen LogP contribution >= 0.6 is 15.9 Å². The number of hydrogen-bond donors (Lipinski definition) is 0. The average molecular weight is 518 g/mol. The molecule has 2 aliphatic heterocycles. The second-order valence-electron chi connectivity index (χ2n) is 9.04. The number of benzene rings is 3. The number of piperazine rings is 1. The van der Waals surface area contributed by atoms with Gasteiger partial charge in [0.15, 0.2) is 0 Å². The van der Waals surface area contributed by atoms with Crippen molar-refractivity contribution in [3.05, 3.63) is 100 Å². The van der Waals surface area contributed by atoms with Gasteiger partial charge in [0.05, 0.1) is 24.2 Å². The number of imide groups is 1. The minimum absolute atomic E-state index is 0.120. The normalized spacial score (nSPS) is 19.9. The first-order valence-electron chi connectivity index (χ1n) is 11.7. The predicted molar refractivity (Wildman–Crippen MR) is 138 cm³/mol. The van der Waals surface area contributed by atoms with Crippen LogP contribution in [0, 0.1) is 6.92 Å². The summed E-state index contributed by atoms with van der Waals surface area (Å²) in [7, 11) is 0. The minimum Gasteiger partial charge on any atom is -0.290 e. The quantitative estimate of drug-likeness (QED) is 0.456. The van der Waals surface area contributed by atoms with Gasteiger partial charge in [-0.15, -0.1) is 0 Å². The Balaban J connectivity index is 1.32. The van der Waals surface area contributed by atoms with Gasteiger partial charge >= 0.3 is 0 Å². The van der Waals surface area contributed by atoms with E-state index >= 15 is 0 Å². The molecule has 0 radical (unpaired) electrons. The van der Waals surface area contributed by atoms with E-state index < -0.39 is 6.04 Å². The molecule has 0 aliphatic carbocycles. The molecule has 0 N–H and O–H groups in total. The maximum Gasteiger partial charge on any atom is 0.251 e. The second-order valence-corrected chi connectivity index (χ2v) is 9.89. The van der Waals surface area contributed by atoms with Gasteiger partial charge < -0.3 is 0 Å². The van der Waals surface area contributed by atoms with E-state index in [0.717, 1.165) is 36.2 Å². The van der Waals surface area contributed by atoms with Gasteiger partial charge in [0.2, 0.25) is 5.91 Å². The number of carbonyl (C=O) groups is 2. The van der Waals surface area contributed by atoms with Crippen LogP contribution in [0.2, 0.25) is 0 Å². The molecule has 2 fully saturated rings. The highest BCUT2D eigenvalue weighted by molar-refractivity contribution is 9.10. The van der Waals surface area contributed by atoms with Gasteiger partial charge in [0, 0.05) is 30.7 Å². The van der Waals surface area contributed by atoms with Crippen molar-refractivity contribution in [2.45, 2.75) is 25.4 Å². The van der Waals surface area contributed by atoms with Crippen LogP contribution in [0.3, 0.4) is 0 Å². The molecule has 0 saturated carbocycles. The van der Waals surface area contributed by atoms with E-state index in [4.69, 9.17) is 0 Å². The summed E-state index contributed by atoms with van der Waals surface area (Å²) in [6.07, 6.45) is 0.236. The van der Waals surface area contributed by atoms with E-state index in [-0.39, 0.29) is 24.3 Å². The van der Waals surface area contributed by atoms with Crippen LogP contribution in [0.4, 0.5) is 5.69 Å². The Morgan fingerprint density at radius 2 is 1.41 bits per heavy atom. The van der Waals surface area contributed by atoms with Gasteiger partial charge in [-0.3, -0.25) is 19.4 Å². The summed E-state index contributed by atoms with van der Waals surface area (Å²) >= 11 is 3.53. The Morgan fingerprint density at radius 3 is 1.97 bits per heavy atom. The Morgan fingerprint density at radius 1 is 0.824 bits per heavy atom. The Bertz CT molecular complexity index is 1140. The number of rotatable bonds is 5. The van der Waals surface area contributed by atoms with E-state index in [1.165, 1.54) is 16.0 Å². The van der Waals surface area contributed by atoms with Crippen LogP contribution in [0.1, 0.15) is 29.2 Å². The molecule has 3 aromatic rings. The van der Waals surface area contributed by atoms with Crippen molar-refractivity contribution in [3.8, 4) is 0 Å². The predicted octanol–water partition coefficient (Wildman–Crippen LogP) is 4.80. The molecule has 5 rings (SSSR count). The van der Waals surface area contributed by atoms with Gasteiger partial charge in [-0.2, -0.15) is 0 Å². The van der Waals surface area contributed by atoms with E-state index in [0.29, 0.717) is 5.69 Å². The lowest BCUT2D eigenvalue weighted by Gasteiger charge is -2.41. The molecular weight excluding hydrogens is 490 g/mol. The van der Waals surface area contributed by atoms with Crippen LogP contribution in [0.5, 0.6) is 0 Å². The lowest BCUT2D eigenvalue weighted by atomic mass is 9.96. The van der Waals surface area contributed by atoms with Crippen molar-refractivity contribution < 1.29 is 9.59 Å². The summed E-state index contributed by atoms with van der Waals surface area (Å²) < 4.78 is 0.772. The summed E-state index contributed by atoms with van der Waals surface area (Å²) in [6.45, 7) is 5.16. The van der Waals surface area contributed by atoms with Crippen LogP contribution in [-0.2, 0) is 9.59 Å². The lowest BCUT2D eigenvalue weighted by Crippen LogP contribution is -2.53. The van der Waals surface area contributed by atoms with Gasteiger partial charge in [-0.1, -0.05) is 66.7 Å². The third-order valence-corrected chi connectivity index (χ3v) is 7.49. The first-order valence-corrected chi connectivity index (χ1v) is 12.5. The maximum atomic E-state index is 13.3. The molecule has 2 amide bonds. The van der Waals surface area contributed by atoms with E-state index in [2.05, 4.69) is 74.3 Å². The van der Waals surface area contributed by atoms with Gasteiger partial charge in [0.1, 0.15) is 0 Å². The van der Waals surface area contributed by atoms with Crippen molar-refractivity contribution in [2.75, 3.05) is 31.1 Å². The summed E-state index contributed by atoms with van der Waals surface area (Å²) in [6, 6.07) is 26.7. The van der Waals surface area contributed by atoms with E-state index in [1.54, 1.807) is 0 Å². The zero-order chi connectivity index (χ0) is 23.7. The number of aryl methyl sites for hydroxylation is 1. The highest BCUT2D eigenvalue weighted by Gasteiger charge is 2.44. The van der Waals surface area contributed by atoms with Crippen LogP contribution < -0.4 is 4.90 Å². The molecule has 174 valence electrons. The van der Waals surface area contributed by atoms with Crippen molar-refractivity contribution in [3.63, 3.8) is 0 Å². The first-order chi connectivity index (χ1) is 16.5. The summed E-state index contributed by atoms with van der Waals surface area (Å²) in [4.78, 5) is 32.2. The fourth-order valence-corrected chi connectivity index (χ4v) is 5.81. The van der Waals surface area contributed by atoms with Crippen molar-refractivity contribution >= 4 is 33.4 Å². The number of halogens is 1. The summed E-state index contributed by atoms with van der Waals surface area (Å²) in [5, 5.41) is 0. The fraction of sp³-hybridized carbons (Fsp3) is 0.286.